The monoisotopic (exact) mass is 414 g/mol. The lowest BCUT2D eigenvalue weighted by Gasteiger charge is -2.13. The third kappa shape index (κ3) is 6.55. The summed E-state index contributed by atoms with van der Waals surface area (Å²) in [6.07, 6.45) is 6.92. The largest absolute Gasteiger partial charge is 0.423 e. The molecule has 2 nitrogen and oxygen atoms in total. The Balaban J connectivity index is 1.66. The smallest absolute Gasteiger partial charge is 0.343 e. The number of rotatable bonds is 10. The van der Waals surface area contributed by atoms with Gasteiger partial charge in [-0.3, -0.25) is 0 Å². The average molecular weight is 415 g/mol. The summed E-state index contributed by atoms with van der Waals surface area (Å²) in [6, 6.07) is 24.3. The Kier molecular flexibility index (Phi) is 8.46. The summed E-state index contributed by atoms with van der Waals surface area (Å²) < 4.78 is 5.75. The first kappa shape index (κ1) is 22.8. The molecule has 0 saturated heterocycles. The third-order valence-electron chi connectivity index (χ3n) is 5.92. The Labute approximate surface area is 187 Å². The van der Waals surface area contributed by atoms with Crippen molar-refractivity contribution >= 4 is 5.97 Å². The normalized spacial score (nSPS) is 11.8. The van der Waals surface area contributed by atoms with Crippen molar-refractivity contribution < 1.29 is 9.53 Å². The van der Waals surface area contributed by atoms with E-state index in [2.05, 4.69) is 45.0 Å². The molecule has 0 saturated carbocycles. The molecule has 31 heavy (non-hydrogen) atoms. The highest BCUT2D eigenvalue weighted by Crippen LogP contribution is 2.25. The highest BCUT2D eigenvalue weighted by molar-refractivity contribution is 5.91. The van der Waals surface area contributed by atoms with E-state index in [0.29, 0.717) is 17.2 Å². The second-order valence-corrected chi connectivity index (χ2v) is 8.45. The minimum Gasteiger partial charge on any atom is -0.423 e. The summed E-state index contributed by atoms with van der Waals surface area (Å²) in [5.41, 5.74) is 5.31. The van der Waals surface area contributed by atoms with Gasteiger partial charge in [-0.05, 0) is 65.6 Å². The zero-order valence-corrected chi connectivity index (χ0v) is 19.1. The highest BCUT2D eigenvalue weighted by atomic mass is 16.5. The lowest BCUT2D eigenvalue weighted by atomic mass is 9.98. The van der Waals surface area contributed by atoms with Crippen molar-refractivity contribution in [1.29, 1.82) is 0 Å². The number of carbonyl (C=O) groups excluding carboxylic acids is 1. The molecule has 3 aromatic rings. The molecule has 0 heterocycles. The maximum atomic E-state index is 12.7. The van der Waals surface area contributed by atoms with Crippen molar-refractivity contribution in [2.45, 2.75) is 59.3 Å². The van der Waals surface area contributed by atoms with Gasteiger partial charge in [0.15, 0.2) is 0 Å². The molecule has 0 fully saturated rings. The number of esters is 1. The molecule has 0 spiro atoms. The summed E-state index contributed by atoms with van der Waals surface area (Å²) in [5.74, 6) is 0.905. The molecule has 1 atom stereocenters. The van der Waals surface area contributed by atoms with E-state index in [1.165, 1.54) is 24.8 Å². The standard InChI is InChI=1S/C29H34O2/c1-4-6-7-10-23-13-15-24(16-14-23)25-17-19-26(20-18-25)29(30)31-28-12-9-8-11-27(28)21-22(3)5-2/h8-9,11-20,22H,4-7,10,21H2,1-3H3. The number of aryl methyl sites for hydroxylation is 1. The summed E-state index contributed by atoms with van der Waals surface area (Å²) >= 11 is 0. The van der Waals surface area contributed by atoms with E-state index in [1.807, 2.05) is 48.5 Å². The van der Waals surface area contributed by atoms with Crippen molar-refractivity contribution in [3.63, 3.8) is 0 Å². The Morgan fingerprint density at radius 1 is 0.839 bits per heavy atom. The lowest BCUT2D eigenvalue weighted by molar-refractivity contribution is 0.0733. The van der Waals surface area contributed by atoms with Gasteiger partial charge in [0.05, 0.1) is 5.56 Å². The number of carbonyl (C=O) groups is 1. The molecule has 2 heteroatoms. The van der Waals surface area contributed by atoms with Gasteiger partial charge in [-0.2, -0.15) is 0 Å². The minimum atomic E-state index is -0.311. The third-order valence-corrected chi connectivity index (χ3v) is 5.92. The maximum absolute atomic E-state index is 12.7. The predicted octanol–water partition coefficient (Wildman–Crippen LogP) is 7.89. The van der Waals surface area contributed by atoms with Gasteiger partial charge in [-0.1, -0.05) is 94.6 Å². The second-order valence-electron chi connectivity index (χ2n) is 8.45. The molecule has 162 valence electrons. The number of para-hydroxylation sites is 1. The molecule has 0 radical (unpaired) electrons. The van der Waals surface area contributed by atoms with Crippen molar-refractivity contribution in [2.75, 3.05) is 0 Å². The first-order chi connectivity index (χ1) is 15.1. The second kappa shape index (κ2) is 11.5. The summed E-state index contributed by atoms with van der Waals surface area (Å²) in [5, 5.41) is 0. The first-order valence-corrected chi connectivity index (χ1v) is 11.6. The van der Waals surface area contributed by atoms with Crippen LogP contribution >= 0.6 is 0 Å². The first-order valence-electron chi connectivity index (χ1n) is 11.6. The Hall–Kier alpha value is -2.87. The quantitative estimate of drug-likeness (QED) is 0.191. The highest BCUT2D eigenvalue weighted by Gasteiger charge is 2.13. The van der Waals surface area contributed by atoms with E-state index < -0.39 is 0 Å². The van der Waals surface area contributed by atoms with Gasteiger partial charge in [0.2, 0.25) is 0 Å². The van der Waals surface area contributed by atoms with Gasteiger partial charge in [0.25, 0.3) is 0 Å². The number of hydrogen-bond donors (Lipinski definition) is 0. The molecule has 0 N–H and O–H groups in total. The number of unbranched alkanes of at least 4 members (excludes halogenated alkanes) is 2. The summed E-state index contributed by atoms with van der Waals surface area (Å²) in [4.78, 5) is 12.7. The molecule has 3 aromatic carbocycles. The molecule has 1 unspecified atom stereocenters. The van der Waals surface area contributed by atoms with Gasteiger partial charge in [0.1, 0.15) is 5.75 Å². The average Bonchev–Trinajstić information content (AvgIpc) is 2.81. The fourth-order valence-electron chi connectivity index (χ4n) is 3.69. The van der Waals surface area contributed by atoms with E-state index in [4.69, 9.17) is 4.74 Å². The summed E-state index contributed by atoms with van der Waals surface area (Å²) in [7, 11) is 0. The van der Waals surface area contributed by atoms with Crippen LogP contribution in [0, 0.1) is 5.92 Å². The number of benzene rings is 3. The molecule has 0 aliphatic rings. The van der Waals surface area contributed by atoms with Crippen molar-refractivity contribution in [1.82, 2.24) is 0 Å². The van der Waals surface area contributed by atoms with Crippen LogP contribution in [0.1, 0.15) is 67.9 Å². The fourth-order valence-corrected chi connectivity index (χ4v) is 3.69. The van der Waals surface area contributed by atoms with Gasteiger partial charge in [-0.25, -0.2) is 4.79 Å². The number of hydrogen-bond acceptors (Lipinski definition) is 2. The predicted molar refractivity (Wildman–Crippen MR) is 130 cm³/mol. The van der Waals surface area contributed by atoms with E-state index in [1.54, 1.807) is 0 Å². The Bertz CT molecular complexity index is 955. The number of ether oxygens (including phenoxy) is 1. The van der Waals surface area contributed by atoms with Crippen LogP contribution in [0.2, 0.25) is 0 Å². The van der Waals surface area contributed by atoms with E-state index in [-0.39, 0.29) is 5.97 Å². The van der Waals surface area contributed by atoms with Crippen LogP contribution in [0.5, 0.6) is 5.75 Å². The Morgan fingerprint density at radius 3 is 2.13 bits per heavy atom. The molecule has 0 amide bonds. The Morgan fingerprint density at radius 2 is 1.48 bits per heavy atom. The molecular weight excluding hydrogens is 380 g/mol. The van der Waals surface area contributed by atoms with Crippen LogP contribution in [0.25, 0.3) is 11.1 Å². The van der Waals surface area contributed by atoms with Crippen molar-refractivity contribution in [3.8, 4) is 16.9 Å². The van der Waals surface area contributed by atoms with Gasteiger partial charge < -0.3 is 4.74 Å². The topological polar surface area (TPSA) is 26.3 Å². The minimum absolute atomic E-state index is 0.311. The lowest BCUT2D eigenvalue weighted by Crippen LogP contribution is -2.10. The van der Waals surface area contributed by atoms with Crippen molar-refractivity contribution in [3.05, 3.63) is 89.5 Å². The van der Waals surface area contributed by atoms with Crippen LogP contribution in [0.15, 0.2) is 72.8 Å². The maximum Gasteiger partial charge on any atom is 0.343 e. The van der Waals surface area contributed by atoms with E-state index >= 15 is 0 Å². The van der Waals surface area contributed by atoms with Crippen LogP contribution in [-0.2, 0) is 12.8 Å². The van der Waals surface area contributed by atoms with Crippen LogP contribution in [0.3, 0.4) is 0 Å². The van der Waals surface area contributed by atoms with Crippen LogP contribution in [-0.4, -0.2) is 5.97 Å². The molecule has 0 bridgehead atoms. The SMILES string of the molecule is CCCCCc1ccc(-c2ccc(C(=O)Oc3ccccc3CC(C)CC)cc2)cc1. The van der Waals surface area contributed by atoms with Gasteiger partial charge in [-0.15, -0.1) is 0 Å². The van der Waals surface area contributed by atoms with Gasteiger partial charge in [0, 0.05) is 0 Å². The molecule has 0 aliphatic carbocycles. The van der Waals surface area contributed by atoms with Gasteiger partial charge >= 0.3 is 5.97 Å². The van der Waals surface area contributed by atoms with Crippen molar-refractivity contribution in [2.24, 2.45) is 5.92 Å². The van der Waals surface area contributed by atoms with E-state index in [9.17, 15) is 4.79 Å². The molecule has 0 aromatic heterocycles. The van der Waals surface area contributed by atoms with E-state index in [0.717, 1.165) is 36.0 Å². The molecular formula is C29H34O2. The molecule has 3 rings (SSSR count). The zero-order valence-electron chi connectivity index (χ0n) is 19.1. The fraction of sp³-hybridized carbons (Fsp3) is 0.345. The summed E-state index contributed by atoms with van der Waals surface area (Å²) in [6.45, 7) is 6.63. The molecule has 0 aliphatic heterocycles. The van der Waals surface area contributed by atoms with Crippen LogP contribution < -0.4 is 4.74 Å². The van der Waals surface area contributed by atoms with Crippen LogP contribution in [0.4, 0.5) is 0 Å². The zero-order chi connectivity index (χ0) is 22.1.